The molecule has 0 aromatic carbocycles. The van der Waals surface area contributed by atoms with Crippen molar-refractivity contribution in [1.82, 2.24) is 5.43 Å². The molecule has 17 atom stereocenters. The monoisotopic (exact) mass is 926 g/mol. The Bertz CT molecular complexity index is 2000. The van der Waals surface area contributed by atoms with Crippen molar-refractivity contribution in [3.8, 4) is 0 Å². The second kappa shape index (κ2) is 20.8. The molecular formula is C48H70N4O14. The molecule has 7 aliphatic rings. The molecule has 366 valence electrons. The number of hydrogen-bond acceptors (Lipinski definition) is 16. The van der Waals surface area contributed by atoms with E-state index in [-0.39, 0.29) is 42.6 Å². The van der Waals surface area contributed by atoms with E-state index in [2.05, 4.69) is 48.6 Å². The number of nitrogens with two attached hydrogens (primary N) is 1. The van der Waals surface area contributed by atoms with Gasteiger partial charge < -0.3 is 63.4 Å². The molecule has 18 heteroatoms. The second-order valence-corrected chi connectivity index (χ2v) is 19.2. The van der Waals surface area contributed by atoms with Crippen molar-refractivity contribution in [2.45, 2.75) is 173 Å². The third-order valence-electron chi connectivity index (χ3n) is 14.0. The van der Waals surface area contributed by atoms with Crippen LogP contribution in [-0.4, -0.2) is 140 Å². The van der Waals surface area contributed by atoms with Crippen LogP contribution in [0.3, 0.4) is 0 Å². The number of amides is 2. The fraction of sp³-hybridized carbons (Fsp3) is 0.708. The Morgan fingerprint density at radius 2 is 1.74 bits per heavy atom. The van der Waals surface area contributed by atoms with Gasteiger partial charge >= 0.3 is 12.0 Å². The highest BCUT2D eigenvalue weighted by atomic mass is 16.7. The smallest absolute Gasteiger partial charge is 0.332 e. The summed E-state index contributed by atoms with van der Waals surface area (Å²) in [5.74, 6) is -2.80. The number of carbonyl (C=O) groups excluding carboxylic acids is 2. The summed E-state index contributed by atoms with van der Waals surface area (Å²) in [5.41, 5.74) is 8.10. The van der Waals surface area contributed by atoms with Crippen LogP contribution in [0.5, 0.6) is 0 Å². The highest BCUT2D eigenvalue weighted by Gasteiger charge is 2.60. The lowest BCUT2D eigenvalue weighted by atomic mass is 9.71. The third kappa shape index (κ3) is 10.4. The van der Waals surface area contributed by atoms with Crippen LogP contribution < -0.4 is 11.2 Å². The van der Waals surface area contributed by atoms with Gasteiger partial charge in [0.1, 0.15) is 47.8 Å². The molecule has 7 rings (SSSR count). The summed E-state index contributed by atoms with van der Waals surface area (Å²) in [7, 11) is 3.18. The summed E-state index contributed by atoms with van der Waals surface area (Å²) in [6.45, 7) is 15.8. The number of oxime groups is 1. The number of nitrogens with one attached hydrogen (secondary N) is 1. The number of methoxy groups -OCH3 is 2. The largest absolute Gasteiger partial charge is 0.462 e. The number of urea groups is 1. The molecule has 1 spiro atoms. The van der Waals surface area contributed by atoms with E-state index in [1.165, 1.54) is 0 Å². The van der Waals surface area contributed by atoms with E-state index in [0.717, 1.165) is 5.57 Å². The maximum Gasteiger partial charge on any atom is 0.332 e. The maximum atomic E-state index is 14.4. The standard InChI is InChI=1S/C48H70N4O14/c1-24(2)41-27(5)16-17-47(66-41)22-33-19-32(65-47)15-14-26(4)42(25(3)12-11-13-31-23-59-44-39(52-56)28(6)18-34(45(53)62-33)48(31,44)55)63-38-21-36(58-10)43(30(8)61-38)64-37-20-35(57-9)40(29(7)60-37)50-51-46(49)54/h11-14,16-18,24-25,27,29-30,32-38,41-44,55-56H,15,19-23H2,1-10H3,(H3,49,51,54)/b12-11+,26-14+,31-13+,50-40-,52-39+. The molecule has 0 radical (unpaired) electrons. The fourth-order valence-electron chi connectivity index (χ4n) is 10.6. The molecule has 6 aliphatic heterocycles. The van der Waals surface area contributed by atoms with E-state index in [1.807, 2.05) is 39.0 Å². The summed E-state index contributed by atoms with van der Waals surface area (Å²) in [5, 5.41) is 30.3. The molecule has 0 saturated carbocycles. The van der Waals surface area contributed by atoms with E-state index < -0.39 is 96.8 Å². The molecule has 6 heterocycles. The SMILES string of the molecule is COC1CC(OC2C(C)OC(OC3/C(C)=C/CC4CC(CC5(C=CC(C)C(C(C)C)O5)O4)OC(=O)C4C=C(C)/C(=N\O)C5OC/C(=C\C=C\C3C)C45O)CC2OC)OC(C)/C1=N/NC(N)=O. The Kier molecular flexibility index (Phi) is 15.8. The number of rotatable bonds is 8. The maximum absolute atomic E-state index is 14.4. The highest BCUT2D eigenvalue weighted by Crippen LogP contribution is 2.46. The summed E-state index contributed by atoms with van der Waals surface area (Å²) >= 11 is 0. The first-order valence-electron chi connectivity index (χ1n) is 23.2. The van der Waals surface area contributed by atoms with E-state index in [9.17, 15) is 19.9 Å². The second-order valence-electron chi connectivity index (χ2n) is 19.2. The van der Waals surface area contributed by atoms with Crippen LogP contribution >= 0.6 is 0 Å². The first kappa shape index (κ1) is 50.1. The van der Waals surface area contributed by atoms with Crippen molar-refractivity contribution in [2.24, 2.45) is 39.7 Å². The minimum atomic E-state index is -1.89. The molecule has 17 unspecified atom stereocenters. The summed E-state index contributed by atoms with van der Waals surface area (Å²) in [6.07, 6.45) is 8.48. The molecule has 2 amide bonds. The molecule has 0 aromatic rings. The molecule has 2 bridgehead atoms. The van der Waals surface area contributed by atoms with Crippen LogP contribution in [-0.2, 0) is 52.2 Å². The van der Waals surface area contributed by atoms with Crippen molar-refractivity contribution in [3.63, 3.8) is 0 Å². The lowest BCUT2D eigenvalue weighted by Gasteiger charge is -2.48. The molecule has 0 aromatic heterocycles. The van der Waals surface area contributed by atoms with Crippen LogP contribution in [0.4, 0.5) is 4.79 Å². The van der Waals surface area contributed by atoms with Crippen LogP contribution in [0.25, 0.3) is 0 Å². The molecule has 66 heavy (non-hydrogen) atoms. The number of fused-ring (bicyclic) bond motifs is 2. The number of carbonyl (C=O) groups is 2. The van der Waals surface area contributed by atoms with E-state index in [1.54, 1.807) is 40.2 Å². The molecule has 18 nitrogen and oxygen atoms in total. The predicted molar refractivity (Wildman–Crippen MR) is 240 cm³/mol. The first-order chi connectivity index (χ1) is 31.4. The quantitative estimate of drug-likeness (QED) is 0.107. The average molecular weight is 927 g/mol. The fourth-order valence-corrected chi connectivity index (χ4v) is 10.6. The number of ether oxygens (including phenoxy) is 10. The number of primary amides is 1. The molecule has 5 N–H and O–H groups in total. The summed E-state index contributed by atoms with van der Waals surface area (Å²) < 4.78 is 64.0. The average Bonchev–Trinajstić information content (AvgIpc) is 3.60. The van der Waals surface area contributed by atoms with Crippen molar-refractivity contribution < 1.29 is 67.3 Å². The normalized spacial score (nSPS) is 45.4. The van der Waals surface area contributed by atoms with Gasteiger partial charge in [0, 0.05) is 51.7 Å². The van der Waals surface area contributed by atoms with Gasteiger partial charge in [-0.05, 0) is 62.8 Å². The molecule has 4 fully saturated rings. The van der Waals surface area contributed by atoms with Gasteiger partial charge in [0.15, 0.2) is 18.4 Å². The van der Waals surface area contributed by atoms with E-state index >= 15 is 0 Å². The van der Waals surface area contributed by atoms with Crippen molar-refractivity contribution in [2.75, 3.05) is 20.8 Å². The zero-order valence-electron chi connectivity index (χ0n) is 39.8. The first-order valence-corrected chi connectivity index (χ1v) is 23.2. The van der Waals surface area contributed by atoms with Gasteiger partial charge in [0.25, 0.3) is 0 Å². The van der Waals surface area contributed by atoms with Gasteiger partial charge in [-0.1, -0.05) is 69.3 Å². The van der Waals surface area contributed by atoms with Crippen molar-refractivity contribution >= 4 is 23.4 Å². The third-order valence-corrected chi connectivity index (χ3v) is 14.0. The van der Waals surface area contributed by atoms with Gasteiger partial charge in [0.2, 0.25) is 0 Å². The van der Waals surface area contributed by atoms with E-state index in [0.29, 0.717) is 42.5 Å². The lowest BCUT2D eigenvalue weighted by Crippen LogP contribution is -2.57. The van der Waals surface area contributed by atoms with Gasteiger partial charge in [-0.15, -0.1) is 0 Å². The highest BCUT2D eigenvalue weighted by molar-refractivity contribution is 6.07. The summed E-state index contributed by atoms with van der Waals surface area (Å²) in [6, 6.07) is -0.794. The van der Waals surface area contributed by atoms with Crippen LogP contribution in [0.2, 0.25) is 0 Å². The van der Waals surface area contributed by atoms with Crippen LogP contribution in [0.15, 0.2) is 69.5 Å². The number of allylic oxidation sites excluding steroid dienone is 2. The molecule has 1 aliphatic carbocycles. The zero-order valence-corrected chi connectivity index (χ0v) is 39.8. The van der Waals surface area contributed by atoms with Gasteiger partial charge in [0.05, 0.1) is 42.8 Å². The van der Waals surface area contributed by atoms with Crippen molar-refractivity contribution in [3.05, 3.63) is 59.3 Å². The minimum absolute atomic E-state index is 0.00777. The van der Waals surface area contributed by atoms with Gasteiger partial charge in [-0.25, -0.2) is 10.2 Å². The summed E-state index contributed by atoms with van der Waals surface area (Å²) in [4.78, 5) is 25.7. The topological polar surface area (TPSA) is 230 Å². The Hall–Kier alpha value is -3.82. The number of hydrogen-bond donors (Lipinski definition) is 4. The number of aliphatic hydroxyl groups is 1. The molecule has 4 saturated heterocycles. The lowest BCUT2D eigenvalue weighted by molar-refractivity contribution is -0.302. The van der Waals surface area contributed by atoms with Crippen LogP contribution in [0.1, 0.15) is 87.5 Å². The van der Waals surface area contributed by atoms with Crippen molar-refractivity contribution in [1.29, 1.82) is 0 Å². The van der Waals surface area contributed by atoms with Crippen LogP contribution in [0, 0.1) is 23.7 Å². The van der Waals surface area contributed by atoms with Gasteiger partial charge in [-0.3, -0.25) is 4.79 Å². The molecular weight excluding hydrogens is 857 g/mol. The Labute approximate surface area is 387 Å². The number of esters is 1. The van der Waals surface area contributed by atoms with Gasteiger partial charge in [-0.2, -0.15) is 5.10 Å². The Morgan fingerprint density at radius 3 is 2.44 bits per heavy atom. The zero-order chi connectivity index (χ0) is 47.7. The number of nitrogens with zero attached hydrogens (tertiary/aromatic N) is 2. The Balaban J connectivity index is 1.17. The Morgan fingerprint density at radius 1 is 0.985 bits per heavy atom. The van der Waals surface area contributed by atoms with E-state index in [4.69, 9.17) is 53.1 Å². The minimum Gasteiger partial charge on any atom is -0.462 e. The number of hydrazone groups is 1. The predicted octanol–water partition coefficient (Wildman–Crippen LogP) is 5.12.